The van der Waals surface area contributed by atoms with Gasteiger partial charge < -0.3 is 4.52 Å². The van der Waals surface area contributed by atoms with Crippen LogP contribution in [0.1, 0.15) is 11.3 Å². The number of rotatable bonds is 4. The van der Waals surface area contributed by atoms with Gasteiger partial charge in [-0.25, -0.2) is 18.7 Å². The van der Waals surface area contributed by atoms with E-state index < -0.39 is 11.6 Å². The summed E-state index contributed by atoms with van der Waals surface area (Å²) in [6.45, 7) is 2.36. The fourth-order valence-electron chi connectivity index (χ4n) is 3.15. The first-order valence-corrected chi connectivity index (χ1v) is 9.24. The highest BCUT2D eigenvalue weighted by molar-refractivity contribution is 5.65. The van der Waals surface area contributed by atoms with Crippen molar-refractivity contribution in [3.8, 4) is 34.0 Å². The van der Waals surface area contributed by atoms with Crippen molar-refractivity contribution >= 4 is 0 Å². The van der Waals surface area contributed by atoms with E-state index in [-0.39, 0.29) is 11.4 Å². The Morgan fingerprint density at radius 1 is 0.967 bits per heavy atom. The molecule has 0 radical (unpaired) electrons. The van der Waals surface area contributed by atoms with E-state index in [2.05, 4.69) is 20.2 Å². The molecule has 0 fully saturated rings. The summed E-state index contributed by atoms with van der Waals surface area (Å²) < 4.78 is 34.6. The van der Waals surface area contributed by atoms with Gasteiger partial charge >= 0.3 is 0 Å². The van der Waals surface area contributed by atoms with E-state index in [0.717, 1.165) is 17.3 Å². The first kappa shape index (κ1) is 18.1. The molecule has 148 valence electrons. The highest BCUT2D eigenvalue weighted by atomic mass is 19.2. The van der Waals surface area contributed by atoms with Crippen molar-refractivity contribution in [2.45, 2.75) is 13.5 Å². The number of halogens is 2. The number of fused-ring (bicyclic) bond motifs is 1. The van der Waals surface area contributed by atoms with Gasteiger partial charge in [-0.15, -0.1) is 0 Å². The Labute approximate surface area is 170 Å². The lowest BCUT2D eigenvalue weighted by atomic mass is 10.1. The van der Waals surface area contributed by atoms with Crippen LogP contribution in [0.25, 0.3) is 34.0 Å². The smallest absolute Gasteiger partial charge is 0.169 e. The minimum atomic E-state index is -0.973. The molecule has 0 atom stereocenters. The highest BCUT2D eigenvalue weighted by Gasteiger charge is 2.18. The van der Waals surface area contributed by atoms with Gasteiger partial charge in [0, 0.05) is 11.6 Å². The topological polar surface area (TPSA) is 69.6 Å². The van der Waals surface area contributed by atoms with Crippen molar-refractivity contribution < 1.29 is 13.3 Å². The fraction of sp³-hybridized carbons (Fsp3) is 0.0909. The summed E-state index contributed by atoms with van der Waals surface area (Å²) in [5, 5.41) is 8.42. The van der Waals surface area contributed by atoms with E-state index >= 15 is 0 Å². The molecule has 6 nitrogen and oxygen atoms in total. The SMILES string of the molecule is Cc1ccc(-c2cc(Cn3cc4nc(-c5cccc(F)c5F)nc-4cn3)on2)cc1. The van der Waals surface area contributed by atoms with Crippen molar-refractivity contribution in [2.75, 3.05) is 0 Å². The second kappa shape index (κ2) is 7.14. The molecule has 0 spiro atoms. The predicted octanol–water partition coefficient (Wildman–Crippen LogP) is 4.73. The molecule has 1 aromatic heterocycles. The molecule has 0 unspecified atom stereocenters. The fourth-order valence-corrected chi connectivity index (χ4v) is 3.15. The Morgan fingerprint density at radius 2 is 1.77 bits per heavy atom. The maximum absolute atomic E-state index is 14.1. The second-order valence-corrected chi connectivity index (χ2v) is 6.93. The van der Waals surface area contributed by atoms with Gasteiger partial charge in [0.25, 0.3) is 0 Å². The van der Waals surface area contributed by atoms with E-state index in [1.54, 1.807) is 10.9 Å². The lowest BCUT2D eigenvalue weighted by Gasteiger charge is -2.03. The molecule has 0 N–H and O–H groups in total. The number of hydrogen-bond donors (Lipinski definition) is 0. The number of benzene rings is 2. The lowest BCUT2D eigenvalue weighted by molar-refractivity contribution is 0.372. The minimum Gasteiger partial charge on any atom is -0.359 e. The van der Waals surface area contributed by atoms with Gasteiger partial charge in [0.05, 0.1) is 18.0 Å². The molecule has 8 heteroatoms. The molecule has 2 aromatic carbocycles. The molecule has 2 aliphatic heterocycles. The van der Waals surface area contributed by atoms with Crippen LogP contribution in [0.15, 0.2) is 65.4 Å². The molecule has 0 aliphatic carbocycles. The van der Waals surface area contributed by atoms with Gasteiger partial charge in [-0.3, -0.25) is 4.68 Å². The average Bonchev–Trinajstić information content (AvgIpc) is 3.37. The van der Waals surface area contributed by atoms with Crippen LogP contribution in [-0.2, 0) is 6.54 Å². The highest BCUT2D eigenvalue weighted by Crippen LogP contribution is 2.27. The van der Waals surface area contributed by atoms with Gasteiger partial charge in [0.2, 0.25) is 0 Å². The first-order chi connectivity index (χ1) is 14.6. The predicted molar refractivity (Wildman–Crippen MR) is 106 cm³/mol. The zero-order valence-corrected chi connectivity index (χ0v) is 15.9. The van der Waals surface area contributed by atoms with Crippen molar-refractivity contribution in [1.29, 1.82) is 0 Å². The molecule has 30 heavy (non-hydrogen) atoms. The Hall–Kier alpha value is -3.94. The molecule has 5 rings (SSSR count). The summed E-state index contributed by atoms with van der Waals surface area (Å²) in [5.41, 5.74) is 3.89. The summed E-state index contributed by atoms with van der Waals surface area (Å²) in [4.78, 5) is 8.58. The quantitative estimate of drug-likeness (QED) is 0.434. The number of nitrogens with zero attached hydrogens (tertiary/aromatic N) is 5. The largest absolute Gasteiger partial charge is 0.359 e. The van der Waals surface area contributed by atoms with Crippen molar-refractivity contribution in [2.24, 2.45) is 0 Å². The van der Waals surface area contributed by atoms with E-state index in [1.807, 2.05) is 37.3 Å². The van der Waals surface area contributed by atoms with Crippen molar-refractivity contribution in [3.63, 3.8) is 0 Å². The van der Waals surface area contributed by atoms with Crippen LogP contribution >= 0.6 is 0 Å². The van der Waals surface area contributed by atoms with Gasteiger partial charge in [-0.2, -0.15) is 5.10 Å². The summed E-state index contributed by atoms with van der Waals surface area (Å²) in [5.74, 6) is -1.18. The number of aryl methyl sites for hydroxylation is 1. The van der Waals surface area contributed by atoms with E-state index in [9.17, 15) is 8.78 Å². The Balaban J connectivity index is 1.42. The van der Waals surface area contributed by atoms with Crippen LogP contribution in [0.4, 0.5) is 8.78 Å². The van der Waals surface area contributed by atoms with E-state index in [0.29, 0.717) is 23.7 Å². The second-order valence-electron chi connectivity index (χ2n) is 6.93. The van der Waals surface area contributed by atoms with Gasteiger partial charge in [0.15, 0.2) is 23.2 Å². The van der Waals surface area contributed by atoms with Crippen molar-refractivity contribution in [3.05, 3.63) is 83.9 Å². The third-order valence-electron chi connectivity index (χ3n) is 4.73. The monoisotopic (exact) mass is 403 g/mol. The van der Waals surface area contributed by atoms with Crippen LogP contribution in [0.2, 0.25) is 0 Å². The minimum absolute atomic E-state index is 0.00993. The standard InChI is InChI=1S/C22H15F2N5O/c1-13-5-7-14(8-6-13)18-9-15(30-28-18)11-29-12-20-19(10-25-29)26-22(27-20)16-3-2-4-17(23)21(16)24/h2-10,12H,11H2,1H3. The third kappa shape index (κ3) is 3.32. The summed E-state index contributed by atoms with van der Waals surface area (Å²) in [7, 11) is 0. The average molecular weight is 403 g/mol. The molecule has 3 aromatic rings. The molecule has 0 saturated carbocycles. The van der Waals surface area contributed by atoms with Crippen LogP contribution in [0, 0.1) is 18.6 Å². The van der Waals surface area contributed by atoms with Crippen molar-refractivity contribution in [1.82, 2.24) is 24.9 Å². The van der Waals surface area contributed by atoms with E-state index in [1.165, 1.54) is 23.9 Å². The first-order valence-electron chi connectivity index (χ1n) is 9.24. The number of aromatic nitrogens is 5. The zero-order valence-electron chi connectivity index (χ0n) is 15.9. The molecule has 2 aliphatic rings. The molecular weight excluding hydrogens is 388 g/mol. The van der Waals surface area contributed by atoms with Gasteiger partial charge in [0.1, 0.15) is 23.6 Å². The molecule has 0 amide bonds. The number of hydrogen-bond acceptors (Lipinski definition) is 5. The zero-order chi connectivity index (χ0) is 20.7. The molecule has 3 heterocycles. The van der Waals surface area contributed by atoms with E-state index in [4.69, 9.17) is 4.52 Å². The van der Waals surface area contributed by atoms with Crippen LogP contribution in [0.3, 0.4) is 0 Å². The van der Waals surface area contributed by atoms with Crippen LogP contribution < -0.4 is 0 Å². The van der Waals surface area contributed by atoms with Crippen LogP contribution in [0.5, 0.6) is 0 Å². The Bertz CT molecular complexity index is 1310. The van der Waals surface area contributed by atoms with Gasteiger partial charge in [-0.1, -0.05) is 41.1 Å². The van der Waals surface area contributed by atoms with Crippen LogP contribution in [-0.4, -0.2) is 24.9 Å². The molecule has 0 bridgehead atoms. The molecular formula is C22H15F2N5O. The summed E-state index contributed by atoms with van der Waals surface area (Å²) >= 11 is 0. The summed E-state index contributed by atoms with van der Waals surface area (Å²) in [6.07, 6.45) is 3.21. The summed E-state index contributed by atoms with van der Waals surface area (Å²) in [6, 6.07) is 13.8. The lowest BCUT2D eigenvalue weighted by Crippen LogP contribution is -2.04. The Morgan fingerprint density at radius 3 is 2.60 bits per heavy atom. The van der Waals surface area contributed by atoms with Gasteiger partial charge in [-0.05, 0) is 19.1 Å². The maximum atomic E-state index is 14.1. The Kier molecular flexibility index (Phi) is 4.31. The normalized spacial score (nSPS) is 11.3. The third-order valence-corrected chi connectivity index (χ3v) is 4.73. The maximum Gasteiger partial charge on any atom is 0.169 e. The molecule has 0 saturated heterocycles. The number of imidazole rings is 1.